The molecule has 1 atom stereocenters. The molecule has 0 aliphatic carbocycles. The lowest BCUT2D eigenvalue weighted by Gasteiger charge is -2.31. The van der Waals surface area contributed by atoms with Gasteiger partial charge in [-0.2, -0.15) is 0 Å². The molecule has 3 heteroatoms. The van der Waals surface area contributed by atoms with E-state index < -0.39 is 5.97 Å². The summed E-state index contributed by atoms with van der Waals surface area (Å²) in [6, 6.07) is 6.26. The molecule has 0 aromatic heterocycles. The summed E-state index contributed by atoms with van der Waals surface area (Å²) >= 11 is 0. The number of rotatable bonds is 4. The third-order valence-electron chi connectivity index (χ3n) is 4.45. The van der Waals surface area contributed by atoms with Crippen molar-refractivity contribution < 1.29 is 9.90 Å². The fourth-order valence-electron chi connectivity index (χ4n) is 3.14. The summed E-state index contributed by atoms with van der Waals surface area (Å²) < 4.78 is 0. The maximum absolute atomic E-state index is 11.3. The third-order valence-corrected chi connectivity index (χ3v) is 4.45. The van der Waals surface area contributed by atoms with Crippen LogP contribution in [0.4, 0.5) is 0 Å². The van der Waals surface area contributed by atoms with Crippen molar-refractivity contribution in [1.82, 2.24) is 4.90 Å². The van der Waals surface area contributed by atoms with Crippen LogP contribution in [0.15, 0.2) is 18.2 Å². The maximum atomic E-state index is 11.3. The fraction of sp³-hybridized carbons (Fsp3) is 0.588. The van der Waals surface area contributed by atoms with E-state index in [2.05, 4.69) is 30.9 Å². The zero-order chi connectivity index (χ0) is 14.5. The van der Waals surface area contributed by atoms with E-state index in [1.165, 1.54) is 42.4 Å². The number of aliphatic carboxylic acids is 1. The Balaban J connectivity index is 2.30. The minimum Gasteiger partial charge on any atom is -0.481 e. The summed E-state index contributed by atoms with van der Waals surface area (Å²) in [5.74, 6) is -0.708. The van der Waals surface area contributed by atoms with Crippen molar-refractivity contribution in [2.24, 2.45) is 0 Å². The number of nitrogens with zero attached hydrogens (tertiary/aromatic N) is 1. The summed E-state index contributed by atoms with van der Waals surface area (Å²) in [6.45, 7) is 6.24. The van der Waals surface area contributed by atoms with Gasteiger partial charge < -0.3 is 5.11 Å². The van der Waals surface area contributed by atoms with Crippen molar-refractivity contribution in [3.63, 3.8) is 0 Å². The lowest BCUT2D eigenvalue weighted by molar-refractivity contribution is -0.138. The second kappa shape index (κ2) is 6.89. The highest BCUT2D eigenvalue weighted by Crippen LogP contribution is 2.30. The van der Waals surface area contributed by atoms with Crippen LogP contribution >= 0.6 is 0 Å². The van der Waals surface area contributed by atoms with E-state index in [1.54, 1.807) is 0 Å². The van der Waals surface area contributed by atoms with E-state index in [4.69, 9.17) is 0 Å². The first-order valence-electron chi connectivity index (χ1n) is 7.61. The van der Waals surface area contributed by atoms with Gasteiger partial charge in [0.05, 0.1) is 6.42 Å². The molecule has 1 aromatic carbocycles. The molecule has 0 bridgehead atoms. The molecule has 0 radical (unpaired) electrons. The van der Waals surface area contributed by atoms with Crippen LogP contribution in [0.25, 0.3) is 0 Å². The monoisotopic (exact) mass is 275 g/mol. The number of aryl methyl sites for hydroxylation is 1. The molecule has 1 saturated heterocycles. The first-order valence-corrected chi connectivity index (χ1v) is 7.61. The van der Waals surface area contributed by atoms with Gasteiger partial charge in [-0.15, -0.1) is 0 Å². The minimum atomic E-state index is -0.708. The first-order chi connectivity index (χ1) is 9.59. The molecule has 1 heterocycles. The Morgan fingerprint density at radius 1 is 1.20 bits per heavy atom. The lowest BCUT2D eigenvalue weighted by atomic mass is 9.94. The van der Waals surface area contributed by atoms with Gasteiger partial charge in [-0.3, -0.25) is 9.69 Å². The molecule has 3 nitrogen and oxygen atoms in total. The van der Waals surface area contributed by atoms with Gasteiger partial charge in [0.15, 0.2) is 0 Å². The zero-order valence-electron chi connectivity index (χ0n) is 12.6. The molecule has 0 saturated carbocycles. The molecule has 1 aliphatic heterocycles. The van der Waals surface area contributed by atoms with Crippen molar-refractivity contribution in [1.29, 1.82) is 0 Å². The number of carboxylic acids is 1. The van der Waals surface area contributed by atoms with Gasteiger partial charge in [0, 0.05) is 6.04 Å². The van der Waals surface area contributed by atoms with Gasteiger partial charge in [-0.1, -0.05) is 31.0 Å². The number of benzene rings is 1. The van der Waals surface area contributed by atoms with Gasteiger partial charge >= 0.3 is 5.97 Å². The summed E-state index contributed by atoms with van der Waals surface area (Å²) in [5, 5.41) is 9.28. The Morgan fingerprint density at radius 2 is 1.85 bits per heavy atom. The molecule has 2 rings (SSSR count). The molecule has 1 aromatic rings. The van der Waals surface area contributed by atoms with Crippen LogP contribution in [0.1, 0.15) is 54.8 Å². The van der Waals surface area contributed by atoms with Crippen molar-refractivity contribution >= 4 is 5.97 Å². The average Bonchev–Trinajstić information content (AvgIpc) is 2.68. The summed E-state index contributed by atoms with van der Waals surface area (Å²) in [5.41, 5.74) is 3.67. The van der Waals surface area contributed by atoms with Crippen LogP contribution in [0.3, 0.4) is 0 Å². The van der Waals surface area contributed by atoms with Crippen LogP contribution in [0.5, 0.6) is 0 Å². The van der Waals surface area contributed by atoms with E-state index in [9.17, 15) is 9.90 Å². The second-order valence-electron chi connectivity index (χ2n) is 5.85. The van der Waals surface area contributed by atoms with E-state index in [0.29, 0.717) is 0 Å². The van der Waals surface area contributed by atoms with E-state index in [-0.39, 0.29) is 12.5 Å². The van der Waals surface area contributed by atoms with Crippen molar-refractivity contribution in [2.75, 3.05) is 13.1 Å². The smallest absolute Gasteiger partial charge is 0.305 e. The van der Waals surface area contributed by atoms with Gasteiger partial charge in [-0.05, 0) is 56.5 Å². The number of hydrogen-bond acceptors (Lipinski definition) is 2. The molecule has 1 unspecified atom stereocenters. The standard InChI is InChI=1S/C17H25NO2/c1-13-8-7-9-15(14(13)2)16(12-17(19)20)18-10-5-3-4-6-11-18/h7-9,16H,3-6,10-12H2,1-2H3,(H,19,20). The van der Waals surface area contributed by atoms with Crippen LogP contribution in [-0.2, 0) is 4.79 Å². The van der Waals surface area contributed by atoms with Gasteiger partial charge in [0.2, 0.25) is 0 Å². The largest absolute Gasteiger partial charge is 0.481 e. The molecule has 1 N–H and O–H groups in total. The molecule has 110 valence electrons. The Kier molecular flexibility index (Phi) is 5.18. The Labute approximate surface area is 121 Å². The van der Waals surface area contributed by atoms with E-state index in [0.717, 1.165) is 13.1 Å². The minimum absolute atomic E-state index is 0.0190. The van der Waals surface area contributed by atoms with Crippen LogP contribution in [-0.4, -0.2) is 29.1 Å². The highest BCUT2D eigenvalue weighted by molar-refractivity contribution is 5.68. The number of carboxylic acid groups (broad SMARTS) is 1. The van der Waals surface area contributed by atoms with Gasteiger partial charge in [0.1, 0.15) is 0 Å². The molecule has 1 fully saturated rings. The molecule has 0 spiro atoms. The molecular weight excluding hydrogens is 250 g/mol. The Hall–Kier alpha value is -1.35. The highest BCUT2D eigenvalue weighted by Gasteiger charge is 2.25. The summed E-state index contributed by atoms with van der Waals surface area (Å²) in [7, 11) is 0. The predicted octanol–water partition coefficient (Wildman–Crippen LogP) is 3.70. The molecular formula is C17H25NO2. The summed E-state index contributed by atoms with van der Waals surface area (Å²) in [6.07, 6.45) is 5.10. The normalized spacial score (nSPS) is 18.5. The van der Waals surface area contributed by atoms with Gasteiger partial charge in [-0.25, -0.2) is 0 Å². The first kappa shape index (κ1) is 15.0. The van der Waals surface area contributed by atoms with Crippen molar-refractivity contribution in [2.45, 2.75) is 52.0 Å². The molecule has 1 aliphatic rings. The SMILES string of the molecule is Cc1cccc(C(CC(=O)O)N2CCCCCC2)c1C. The lowest BCUT2D eigenvalue weighted by Crippen LogP contribution is -2.32. The third kappa shape index (κ3) is 3.60. The second-order valence-corrected chi connectivity index (χ2v) is 5.85. The topological polar surface area (TPSA) is 40.5 Å². The average molecular weight is 275 g/mol. The molecule has 0 amide bonds. The quantitative estimate of drug-likeness (QED) is 0.911. The Bertz CT molecular complexity index is 462. The summed E-state index contributed by atoms with van der Waals surface area (Å²) in [4.78, 5) is 13.7. The van der Waals surface area contributed by atoms with Crippen molar-refractivity contribution in [3.8, 4) is 0 Å². The molecule has 20 heavy (non-hydrogen) atoms. The number of likely N-dealkylation sites (tertiary alicyclic amines) is 1. The van der Waals surface area contributed by atoms with Gasteiger partial charge in [0.25, 0.3) is 0 Å². The van der Waals surface area contributed by atoms with Crippen LogP contribution in [0.2, 0.25) is 0 Å². The fourth-order valence-corrected chi connectivity index (χ4v) is 3.14. The van der Waals surface area contributed by atoms with E-state index in [1.807, 2.05) is 6.07 Å². The van der Waals surface area contributed by atoms with E-state index >= 15 is 0 Å². The van der Waals surface area contributed by atoms with Crippen LogP contribution < -0.4 is 0 Å². The zero-order valence-corrected chi connectivity index (χ0v) is 12.6. The van der Waals surface area contributed by atoms with Crippen LogP contribution in [0, 0.1) is 13.8 Å². The number of carbonyl (C=O) groups is 1. The number of hydrogen-bond donors (Lipinski definition) is 1. The maximum Gasteiger partial charge on any atom is 0.305 e. The predicted molar refractivity (Wildman–Crippen MR) is 81.0 cm³/mol. The Morgan fingerprint density at radius 3 is 2.45 bits per heavy atom. The highest BCUT2D eigenvalue weighted by atomic mass is 16.4. The van der Waals surface area contributed by atoms with Crippen molar-refractivity contribution in [3.05, 3.63) is 34.9 Å².